The van der Waals surface area contributed by atoms with E-state index in [0.717, 1.165) is 21.1 Å². The molecule has 0 saturated carbocycles. The number of nitrogens with zero attached hydrogens (tertiary/aromatic N) is 1. The number of methoxy groups -OCH3 is 1. The summed E-state index contributed by atoms with van der Waals surface area (Å²) in [6.45, 7) is 0.230. The highest BCUT2D eigenvalue weighted by Gasteiger charge is 2.05. The van der Waals surface area contributed by atoms with Gasteiger partial charge in [-0.15, -0.1) is 0 Å². The van der Waals surface area contributed by atoms with E-state index in [4.69, 9.17) is 4.74 Å². The Morgan fingerprint density at radius 2 is 2.35 bits per heavy atom. The molecule has 0 aliphatic rings. The van der Waals surface area contributed by atoms with Crippen molar-refractivity contribution in [1.82, 2.24) is 10.3 Å². The fraction of sp³-hybridized carbons (Fsp3) is 0.273. The van der Waals surface area contributed by atoms with Crippen molar-refractivity contribution in [2.75, 3.05) is 26.0 Å². The van der Waals surface area contributed by atoms with Crippen molar-refractivity contribution in [2.24, 2.45) is 0 Å². The molecule has 1 heterocycles. The number of rotatable bonds is 4. The molecule has 0 aliphatic carbocycles. The van der Waals surface area contributed by atoms with E-state index in [0.29, 0.717) is 0 Å². The Labute approximate surface area is 103 Å². The summed E-state index contributed by atoms with van der Waals surface area (Å²) in [7, 11) is 3.24. The number of fused-ring (bicyclic) bond motifs is 1. The quantitative estimate of drug-likeness (QED) is 0.863. The van der Waals surface area contributed by atoms with Crippen LogP contribution in [0, 0.1) is 0 Å². The molecule has 90 valence electrons. The monoisotopic (exact) mass is 251 g/mol. The lowest BCUT2D eigenvalue weighted by atomic mass is 10.3. The number of likely N-dealkylation sites (N-methyl/N-ethyl adjacent to an activating group) is 1. The zero-order valence-electron chi connectivity index (χ0n) is 9.61. The van der Waals surface area contributed by atoms with Crippen molar-refractivity contribution >= 4 is 32.6 Å². The Morgan fingerprint density at radius 1 is 1.53 bits per heavy atom. The molecule has 0 aliphatic heterocycles. The van der Waals surface area contributed by atoms with E-state index in [-0.39, 0.29) is 12.5 Å². The van der Waals surface area contributed by atoms with Crippen LogP contribution < -0.4 is 15.4 Å². The van der Waals surface area contributed by atoms with Crippen LogP contribution in [0.3, 0.4) is 0 Å². The van der Waals surface area contributed by atoms with E-state index in [2.05, 4.69) is 15.6 Å². The molecular weight excluding hydrogens is 238 g/mol. The third-order valence-corrected chi connectivity index (χ3v) is 3.25. The zero-order chi connectivity index (χ0) is 12.3. The molecule has 2 rings (SSSR count). The Balaban J connectivity index is 2.17. The predicted octanol–water partition coefficient (Wildman–Crippen LogP) is 1.46. The van der Waals surface area contributed by atoms with Crippen molar-refractivity contribution in [3.05, 3.63) is 18.2 Å². The van der Waals surface area contributed by atoms with Crippen LogP contribution in [0.4, 0.5) is 5.13 Å². The number of nitrogens with one attached hydrogen (secondary N) is 2. The number of carbonyl (C=O) groups is 1. The molecule has 2 aromatic rings. The maximum absolute atomic E-state index is 11.1. The van der Waals surface area contributed by atoms with Gasteiger partial charge in [-0.1, -0.05) is 11.3 Å². The maximum atomic E-state index is 11.1. The first-order chi connectivity index (χ1) is 8.22. The van der Waals surface area contributed by atoms with E-state index in [9.17, 15) is 4.79 Å². The van der Waals surface area contributed by atoms with Crippen molar-refractivity contribution in [2.45, 2.75) is 0 Å². The molecule has 6 heteroatoms. The molecular formula is C11H13N3O2S. The molecule has 0 radical (unpaired) electrons. The van der Waals surface area contributed by atoms with Crippen molar-refractivity contribution in [3.8, 4) is 5.75 Å². The van der Waals surface area contributed by atoms with E-state index in [1.165, 1.54) is 11.3 Å². The number of benzene rings is 1. The molecule has 1 amide bonds. The van der Waals surface area contributed by atoms with Gasteiger partial charge in [-0.05, 0) is 18.2 Å². The Hall–Kier alpha value is -1.82. The summed E-state index contributed by atoms with van der Waals surface area (Å²) in [5.41, 5.74) is 0.898. The average Bonchev–Trinajstić information content (AvgIpc) is 2.77. The molecule has 2 N–H and O–H groups in total. The topological polar surface area (TPSA) is 63.2 Å². The Morgan fingerprint density at radius 3 is 3.06 bits per heavy atom. The highest BCUT2D eigenvalue weighted by atomic mass is 32.1. The van der Waals surface area contributed by atoms with Gasteiger partial charge in [0.05, 0.1) is 23.9 Å². The maximum Gasteiger partial charge on any atom is 0.239 e. The summed E-state index contributed by atoms with van der Waals surface area (Å²) in [6, 6.07) is 5.69. The molecule has 17 heavy (non-hydrogen) atoms. The number of aromatic nitrogens is 1. The van der Waals surface area contributed by atoms with Gasteiger partial charge in [-0.2, -0.15) is 0 Å². The molecule has 0 saturated heterocycles. The lowest BCUT2D eigenvalue weighted by Crippen LogP contribution is -2.26. The predicted molar refractivity (Wildman–Crippen MR) is 68.7 cm³/mol. The number of thiazole rings is 1. The van der Waals surface area contributed by atoms with Crippen molar-refractivity contribution < 1.29 is 9.53 Å². The first-order valence-corrected chi connectivity index (χ1v) is 5.93. The number of anilines is 1. The summed E-state index contributed by atoms with van der Waals surface area (Å²) < 4.78 is 6.17. The van der Waals surface area contributed by atoms with Crippen LogP contribution in [0.15, 0.2) is 18.2 Å². The normalized spacial score (nSPS) is 10.2. The van der Waals surface area contributed by atoms with Gasteiger partial charge >= 0.3 is 0 Å². The van der Waals surface area contributed by atoms with Gasteiger partial charge in [-0.25, -0.2) is 4.98 Å². The first kappa shape index (κ1) is 11.7. The lowest BCUT2D eigenvalue weighted by Gasteiger charge is -1.99. The average molecular weight is 251 g/mol. The van der Waals surface area contributed by atoms with Crippen LogP contribution in [-0.4, -0.2) is 31.6 Å². The minimum Gasteiger partial charge on any atom is -0.497 e. The van der Waals surface area contributed by atoms with Crippen LogP contribution in [-0.2, 0) is 4.79 Å². The standard InChI is InChI=1S/C11H13N3O2S/c1-12-10(15)6-13-11-14-8-4-3-7(16-2)5-9(8)17-11/h3-5H,6H2,1-2H3,(H,12,15)(H,13,14). The molecule has 1 aromatic carbocycles. The van der Waals surface area contributed by atoms with E-state index >= 15 is 0 Å². The van der Waals surface area contributed by atoms with Gasteiger partial charge in [-0.3, -0.25) is 4.79 Å². The second-order valence-electron chi connectivity index (χ2n) is 3.38. The molecule has 0 bridgehead atoms. The van der Waals surface area contributed by atoms with Crippen LogP contribution in [0.5, 0.6) is 5.75 Å². The van der Waals surface area contributed by atoms with Crippen molar-refractivity contribution in [1.29, 1.82) is 0 Å². The number of carbonyl (C=O) groups excluding carboxylic acids is 1. The van der Waals surface area contributed by atoms with Gasteiger partial charge in [0.15, 0.2) is 5.13 Å². The lowest BCUT2D eigenvalue weighted by molar-refractivity contribution is -0.118. The van der Waals surface area contributed by atoms with Gasteiger partial charge in [0.25, 0.3) is 0 Å². The molecule has 0 fully saturated rings. The molecule has 0 atom stereocenters. The van der Waals surface area contributed by atoms with Crippen LogP contribution in [0.2, 0.25) is 0 Å². The third kappa shape index (κ3) is 2.65. The van der Waals surface area contributed by atoms with Gasteiger partial charge in [0.2, 0.25) is 5.91 Å². The molecule has 0 unspecified atom stereocenters. The molecule has 5 nitrogen and oxygen atoms in total. The summed E-state index contributed by atoms with van der Waals surface area (Å²) in [5.74, 6) is 0.737. The largest absolute Gasteiger partial charge is 0.497 e. The van der Waals surface area contributed by atoms with Crippen LogP contribution in [0.25, 0.3) is 10.2 Å². The smallest absolute Gasteiger partial charge is 0.239 e. The number of amides is 1. The number of ether oxygens (including phenoxy) is 1. The summed E-state index contributed by atoms with van der Waals surface area (Å²) >= 11 is 1.50. The molecule has 1 aromatic heterocycles. The SMILES string of the molecule is CNC(=O)CNc1nc2ccc(OC)cc2s1. The summed E-state index contributed by atoms with van der Waals surface area (Å²) in [6.07, 6.45) is 0. The number of hydrogen-bond donors (Lipinski definition) is 2. The van der Waals surface area contributed by atoms with Crippen molar-refractivity contribution in [3.63, 3.8) is 0 Å². The van der Waals surface area contributed by atoms with Gasteiger partial charge in [0.1, 0.15) is 5.75 Å². The van der Waals surface area contributed by atoms with E-state index in [1.807, 2.05) is 18.2 Å². The fourth-order valence-electron chi connectivity index (χ4n) is 1.35. The summed E-state index contributed by atoms with van der Waals surface area (Å²) in [4.78, 5) is 15.5. The number of hydrogen-bond acceptors (Lipinski definition) is 5. The van der Waals surface area contributed by atoms with E-state index < -0.39 is 0 Å². The van der Waals surface area contributed by atoms with Crippen LogP contribution >= 0.6 is 11.3 Å². The minimum absolute atomic E-state index is 0.0677. The van der Waals surface area contributed by atoms with Crippen LogP contribution in [0.1, 0.15) is 0 Å². The fourth-order valence-corrected chi connectivity index (χ4v) is 2.24. The minimum atomic E-state index is -0.0677. The third-order valence-electron chi connectivity index (χ3n) is 2.27. The molecule has 0 spiro atoms. The second kappa shape index (κ2) is 5.01. The zero-order valence-corrected chi connectivity index (χ0v) is 10.4. The van der Waals surface area contributed by atoms with E-state index in [1.54, 1.807) is 14.2 Å². The highest BCUT2D eigenvalue weighted by molar-refractivity contribution is 7.22. The van der Waals surface area contributed by atoms with Gasteiger partial charge < -0.3 is 15.4 Å². The Kier molecular flexibility index (Phi) is 3.43. The summed E-state index contributed by atoms with van der Waals surface area (Å²) in [5, 5.41) is 6.25. The highest BCUT2D eigenvalue weighted by Crippen LogP contribution is 2.28. The second-order valence-corrected chi connectivity index (χ2v) is 4.41. The van der Waals surface area contributed by atoms with Gasteiger partial charge in [0, 0.05) is 7.05 Å². The first-order valence-electron chi connectivity index (χ1n) is 5.12. The Bertz CT molecular complexity index is 538.